The number of fused-ring (bicyclic) bond motifs is 1. The predicted octanol–water partition coefficient (Wildman–Crippen LogP) is 4.54. The number of hydrogen-bond donors (Lipinski definition) is 0. The Morgan fingerprint density at radius 2 is 2.07 bits per heavy atom. The Bertz CT molecular complexity index is 1020. The standard InChI is InChI=1S/C23H24N2O4S/c1-27-19-11-9-16(14-20(19)28-2)10-12-22(26)25(15-17-6-5-13-29-17)23-24-18-7-3-4-8-21(18)30-23/h3-4,7-12,14,17H,5-6,13,15H2,1-2H3/b12-10+. The van der Waals surface area contributed by atoms with Gasteiger partial charge in [0.2, 0.25) is 0 Å². The Morgan fingerprint density at radius 1 is 1.23 bits per heavy atom. The molecule has 156 valence electrons. The molecule has 1 saturated heterocycles. The number of rotatable bonds is 7. The molecule has 0 bridgehead atoms. The van der Waals surface area contributed by atoms with E-state index in [-0.39, 0.29) is 12.0 Å². The molecule has 0 saturated carbocycles. The minimum atomic E-state index is -0.126. The van der Waals surface area contributed by atoms with Gasteiger partial charge in [0.25, 0.3) is 5.91 Å². The molecule has 2 heterocycles. The zero-order valence-corrected chi connectivity index (χ0v) is 17.9. The molecular formula is C23H24N2O4S. The first-order chi connectivity index (χ1) is 14.7. The first-order valence-corrected chi connectivity index (χ1v) is 10.7. The van der Waals surface area contributed by atoms with E-state index in [1.165, 1.54) is 11.3 Å². The molecule has 1 unspecified atom stereocenters. The number of carbonyl (C=O) groups is 1. The zero-order valence-electron chi connectivity index (χ0n) is 17.0. The van der Waals surface area contributed by atoms with Gasteiger partial charge in [-0.2, -0.15) is 0 Å². The van der Waals surface area contributed by atoms with Gasteiger partial charge in [-0.1, -0.05) is 29.5 Å². The summed E-state index contributed by atoms with van der Waals surface area (Å²) >= 11 is 1.52. The number of hydrogen-bond acceptors (Lipinski definition) is 6. The van der Waals surface area contributed by atoms with Crippen molar-refractivity contribution in [3.05, 3.63) is 54.1 Å². The second-order valence-corrected chi connectivity index (χ2v) is 8.00. The fraction of sp³-hybridized carbons (Fsp3) is 0.304. The fourth-order valence-corrected chi connectivity index (χ4v) is 4.42. The van der Waals surface area contributed by atoms with E-state index in [9.17, 15) is 4.79 Å². The maximum Gasteiger partial charge on any atom is 0.252 e. The first-order valence-electron chi connectivity index (χ1n) is 9.86. The molecule has 1 fully saturated rings. The van der Waals surface area contributed by atoms with Gasteiger partial charge in [0.1, 0.15) is 0 Å². The average molecular weight is 425 g/mol. The quantitative estimate of drug-likeness (QED) is 0.521. The van der Waals surface area contributed by atoms with Crippen LogP contribution in [0.4, 0.5) is 5.13 Å². The average Bonchev–Trinajstić information content (AvgIpc) is 3.44. The fourth-order valence-electron chi connectivity index (χ4n) is 3.44. The zero-order chi connectivity index (χ0) is 20.9. The molecule has 7 heteroatoms. The van der Waals surface area contributed by atoms with Crippen LogP contribution in [0.25, 0.3) is 16.3 Å². The van der Waals surface area contributed by atoms with Crippen LogP contribution in [0.3, 0.4) is 0 Å². The van der Waals surface area contributed by atoms with Gasteiger partial charge in [0.05, 0.1) is 37.1 Å². The minimum Gasteiger partial charge on any atom is -0.493 e. The Balaban J connectivity index is 1.59. The lowest BCUT2D eigenvalue weighted by Gasteiger charge is -2.21. The third-order valence-corrected chi connectivity index (χ3v) is 6.08. The summed E-state index contributed by atoms with van der Waals surface area (Å²) in [6.45, 7) is 1.24. The third kappa shape index (κ3) is 4.47. The van der Waals surface area contributed by atoms with E-state index < -0.39 is 0 Å². The van der Waals surface area contributed by atoms with E-state index in [2.05, 4.69) is 4.98 Å². The summed E-state index contributed by atoms with van der Waals surface area (Å²) in [4.78, 5) is 19.6. The van der Waals surface area contributed by atoms with Crippen LogP contribution >= 0.6 is 11.3 Å². The first kappa shape index (κ1) is 20.4. The summed E-state index contributed by atoms with van der Waals surface area (Å²) in [5, 5.41) is 0.689. The van der Waals surface area contributed by atoms with Crippen molar-refractivity contribution >= 4 is 38.7 Å². The number of carbonyl (C=O) groups excluding carboxylic acids is 1. The Morgan fingerprint density at radius 3 is 2.80 bits per heavy atom. The maximum absolute atomic E-state index is 13.2. The second-order valence-electron chi connectivity index (χ2n) is 7.00. The summed E-state index contributed by atoms with van der Waals surface area (Å²) in [6.07, 6.45) is 5.36. The van der Waals surface area contributed by atoms with Crippen molar-refractivity contribution in [2.75, 3.05) is 32.3 Å². The number of nitrogens with zero attached hydrogens (tertiary/aromatic N) is 2. The van der Waals surface area contributed by atoms with Gasteiger partial charge in [-0.05, 0) is 48.7 Å². The van der Waals surface area contributed by atoms with Crippen molar-refractivity contribution in [2.24, 2.45) is 0 Å². The number of ether oxygens (including phenoxy) is 3. The predicted molar refractivity (Wildman–Crippen MR) is 120 cm³/mol. The monoisotopic (exact) mass is 424 g/mol. The van der Waals surface area contributed by atoms with Crippen LogP contribution in [-0.2, 0) is 9.53 Å². The molecule has 4 rings (SSSR count). The second kappa shape index (κ2) is 9.28. The molecule has 0 spiro atoms. The molecule has 0 aliphatic carbocycles. The van der Waals surface area contributed by atoms with E-state index in [0.717, 1.165) is 35.2 Å². The van der Waals surface area contributed by atoms with Crippen LogP contribution in [0.1, 0.15) is 18.4 Å². The third-order valence-electron chi connectivity index (χ3n) is 5.02. The molecule has 30 heavy (non-hydrogen) atoms. The lowest BCUT2D eigenvalue weighted by Crippen LogP contribution is -2.36. The number of anilines is 1. The van der Waals surface area contributed by atoms with E-state index in [1.807, 2.05) is 42.5 Å². The molecule has 6 nitrogen and oxygen atoms in total. The number of para-hydroxylation sites is 1. The number of benzene rings is 2. The van der Waals surface area contributed by atoms with Gasteiger partial charge < -0.3 is 14.2 Å². The Labute approximate surface area is 179 Å². The lowest BCUT2D eigenvalue weighted by atomic mass is 10.2. The van der Waals surface area contributed by atoms with Crippen LogP contribution in [0.2, 0.25) is 0 Å². The van der Waals surface area contributed by atoms with Gasteiger partial charge >= 0.3 is 0 Å². The topological polar surface area (TPSA) is 60.9 Å². The minimum absolute atomic E-state index is 0.0374. The number of thiazole rings is 1. The van der Waals surface area contributed by atoms with Gasteiger partial charge in [0.15, 0.2) is 16.6 Å². The Kier molecular flexibility index (Phi) is 6.30. The maximum atomic E-state index is 13.2. The molecule has 0 N–H and O–H groups in total. The van der Waals surface area contributed by atoms with Gasteiger partial charge in [-0.15, -0.1) is 0 Å². The number of methoxy groups -OCH3 is 2. The van der Waals surface area contributed by atoms with Gasteiger partial charge in [0, 0.05) is 12.7 Å². The highest BCUT2D eigenvalue weighted by atomic mass is 32.1. The van der Waals surface area contributed by atoms with Crippen LogP contribution in [0, 0.1) is 0 Å². The summed E-state index contributed by atoms with van der Waals surface area (Å²) in [7, 11) is 3.19. The van der Waals surface area contributed by atoms with E-state index in [4.69, 9.17) is 14.2 Å². The van der Waals surface area contributed by atoms with Crippen LogP contribution in [-0.4, -0.2) is 44.4 Å². The molecule has 0 radical (unpaired) electrons. The molecular weight excluding hydrogens is 400 g/mol. The SMILES string of the molecule is COc1ccc(/C=C/C(=O)N(CC2CCCO2)c2nc3ccccc3s2)cc1OC. The van der Waals surface area contributed by atoms with Crippen LogP contribution in [0.15, 0.2) is 48.5 Å². The van der Waals surface area contributed by atoms with E-state index in [1.54, 1.807) is 31.3 Å². The van der Waals surface area contributed by atoms with Crippen molar-refractivity contribution in [2.45, 2.75) is 18.9 Å². The smallest absolute Gasteiger partial charge is 0.252 e. The van der Waals surface area contributed by atoms with Crippen molar-refractivity contribution in [1.29, 1.82) is 0 Å². The highest BCUT2D eigenvalue weighted by molar-refractivity contribution is 7.22. The Hall–Kier alpha value is -2.90. The van der Waals surface area contributed by atoms with Crippen molar-refractivity contribution in [1.82, 2.24) is 4.98 Å². The van der Waals surface area contributed by atoms with E-state index >= 15 is 0 Å². The van der Waals surface area contributed by atoms with Crippen LogP contribution < -0.4 is 14.4 Å². The number of aromatic nitrogens is 1. The van der Waals surface area contributed by atoms with Crippen molar-refractivity contribution in [3.8, 4) is 11.5 Å². The van der Waals surface area contributed by atoms with Crippen molar-refractivity contribution < 1.29 is 19.0 Å². The van der Waals surface area contributed by atoms with Crippen molar-refractivity contribution in [3.63, 3.8) is 0 Å². The molecule has 1 atom stereocenters. The molecule has 3 aromatic rings. The van der Waals surface area contributed by atoms with E-state index in [0.29, 0.717) is 23.2 Å². The largest absolute Gasteiger partial charge is 0.493 e. The summed E-state index contributed by atoms with van der Waals surface area (Å²) < 4.78 is 17.4. The summed E-state index contributed by atoms with van der Waals surface area (Å²) in [6, 6.07) is 13.5. The lowest BCUT2D eigenvalue weighted by molar-refractivity contribution is -0.114. The number of amides is 1. The molecule has 1 aliphatic rings. The highest BCUT2D eigenvalue weighted by Gasteiger charge is 2.25. The van der Waals surface area contributed by atoms with Crippen LogP contribution in [0.5, 0.6) is 11.5 Å². The van der Waals surface area contributed by atoms with Gasteiger partial charge in [-0.3, -0.25) is 9.69 Å². The summed E-state index contributed by atoms with van der Waals surface area (Å²) in [5.74, 6) is 1.14. The summed E-state index contributed by atoms with van der Waals surface area (Å²) in [5.41, 5.74) is 1.74. The molecule has 2 aromatic carbocycles. The van der Waals surface area contributed by atoms with Gasteiger partial charge in [-0.25, -0.2) is 4.98 Å². The molecule has 1 amide bonds. The molecule has 1 aliphatic heterocycles. The normalized spacial score (nSPS) is 16.3. The highest BCUT2D eigenvalue weighted by Crippen LogP contribution is 2.31. The molecule has 1 aromatic heterocycles.